The molecule has 0 aliphatic carbocycles. The summed E-state index contributed by atoms with van der Waals surface area (Å²) in [6.07, 6.45) is 0. The highest BCUT2D eigenvalue weighted by molar-refractivity contribution is 7.98. The van der Waals surface area contributed by atoms with Crippen LogP contribution in [0.4, 0.5) is 4.39 Å². The van der Waals surface area contributed by atoms with Gasteiger partial charge in [0.25, 0.3) is 0 Å². The Balaban J connectivity index is 1.89. The van der Waals surface area contributed by atoms with Crippen LogP contribution < -0.4 is 0 Å². The number of thioether (sulfide) groups is 1. The molecule has 3 aromatic carbocycles. The zero-order valence-corrected chi connectivity index (χ0v) is 18.3. The van der Waals surface area contributed by atoms with E-state index in [0.717, 1.165) is 11.1 Å². The van der Waals surface area contributed by atoms with E-state index in [9.17, 15) is 9.18 Å². The summed E-state index contributed by atoms with van der Waals surface area (Å²) in [6, 6.07) is 25.8. The smallest absolute Gasteiger partial charge is 0.341 e. The minimum Gasteiger partial charge on any atom is -0.462 e. The van der Waals surface area contributed by atoms with Gasteiger partial charge in [0, 0.05) is 16.9 Å². The lowest BCUT2D eigenvalue weighted by molar-refractivity contribution is 0.0522. The third kappa shape index (κ3) is 4.70. The molecule has 4 aromatic rings. The van der Waals surface area contributed by atoms with Crippen LogP contribution in [0.1, 0.15) is 22.8 Å². The van der Waals surface area contributed by atoms with E-state index in [1.807, 2.05) is 60.7 Å². The fraction of sp³-hybridized carbons (Fsp3) is 0.115. The second-order valence-corrected chi connectivity index (χ2v) is 7.90. The molecule has 32 heavy (non-hydrogen) atoms. The summed E-state index contributed by atoms with van der Waals surface area (Å²) in [4.78, 5) is 13.1. The quantitative estimate of drug-likeness (QED) is 0.243. The summed E-state index contributed by atoms with van der Waals surface area (Å²) in [6.45, 7) is 1.99. The molecule has 6 heteroatoms. The maximum Gasteiger partial charge on any atom is 0.341 e. The molecule has 4 nitrogen and oxygen atoms in total. The van der Waals surface area contributed by atoms with Gasteiger partial charge in [0.15, 0.2) is 0 Å². The maximum atomic E-state index is 14.2. The van der Waals surface area contributed by atoms with Crippen LogP contribution in [0.2, 0.25) is 0 Å². The van der Waals surface area contributed by atoms with Crippen LogP contribution in [0.5, 0.6) is 0 Å². The average Bonchev–Trinajstić information content (AvgIpc) is 2.84. The van der Waals surface area contributed by atoms with E-state index in [1.165, 1.54) is 17.8 Å². The van der Waals surface area contributed by atoms with Crippen LogP contribution in [-0.2, 0) is 10.5 Å². The average molecular weight is 445 g/mol. The molecule has 160 valence electrons. The Hall–Kier alpha value is -3.51. The number of carbonyl (C=O) groups is 1. The molecule has 0 aliphatic heterocycles. The molecule has 0 unspecified atom stereocenters. The number of esters is 1. The third-order valence-corrected chi connectivity index (χ3v) is 5.87. The number of hydrogen-bond donors (Lipinski definition) is 0. The first-order chi connectivity index (χ1) is 15.7. The van der Waals surface area contributed by atoms with Crippen molar-refractivity contribution in [2.75, 3.05) is 6.61 Å². The number of halogens is 1. The van der Waals surface area contributed by atoms with Crippen molar-refractivity contribution in [2.45, 2.75) is 17.7 Å². The minimum absolute atomic E-state index is 0.230. The van der Waals surface area contributed by atoms with Gasteiger partial charge < -0.3 is 4.74 Å². The molecule has 0 saturated carbocycles. The predicted octanol–water partition coefficient (Wildman–Crippen LogP) is 6.42. The van der Waals surface area contributed by atoms with Crippen LogP contribution in [0.15, 0.2) is 90.0 Å². The van der Waals surface area contributed by atoms with Gasteiger partial charge in [0.2, 0.25) is 0 Å². The van der Waals surface area contributed by atoms with Gasteiger partial charge in [-0.1, -0.05) is 90.6 Å². The van der Waals surface area contributed by atoms with Crippen molar-refractivity contribution in [2.24, 2.45) is 0 Å². The fourth-order valence-electron chi connectivity index (χ4n) is 3.36. The Morgan fingerprint density at radius 1 is 0.875 bits per heavy atom. The summed E-state index contributed by atoms with van der Waals surface area (Å²) in [7, 11) is 0. The fourth-order valence-corrected chi connectivity index (χ4v) is 4.31. The van der Waals surface area contributed by atoms with E-state index in [-0.39, 0.29) is 12.4 Å². The molecule has 0 spiro atoms. The lowest BCUT2D eigenvalue weighted by Gasteiger charge is -2.16. The second-order valence-electron chi connectivity index (χ2n) is 6.94. The lowest BCUT2D eigenvalue weighted by Crippen LogP contribution is -2.12. The molecule has 0 aliphatic rings. The predicted molar refractivity (Wildman–Crippen MR) is 125 cm³/mol. The number of hydrogen-bond acceptors (Lipinski definition) is 5. The molecule has 1 aromatic heterocycles. The summed E-state index contributed by atoms with van der Waals surface area (Å²) < 4.78 is 19.6. The van der Waals surface area contributed by atoms with Crippen LogP contribution >= 0.6 is 11.8 Å². The van der Waals surface area contributed by atoms with E-state index < -0.39 is 5.97 Å². The number of rotatable bonds is 7. The Morgan fingerprint density at radius 2 is 1.50 bits per heavy atom. The van der Waals surface area contributed by atoms with Gasteiger partial charge in [-0.15, -0.1) is 10.2 Å². The Labute approximate surface area is 190 Å². The van der Waals surface area contributed by atoms with Gasteiger partial charge in [-0.05, 0) is 24.1 Å². The highest BCUT2D eigenvalue weighted by Crippen LogP contribution is 2.38. The van der Waals surface area contributed by atoms with Crippen molar-refractivity contribution >= 4 is 17.7 Å². The van der Waals surface area contributed by atoms with Crippen LogP contribution in [0.3, 0.4) is 0 Å². The third-order valence-electron chi connectivity index (χ3n) is 4.85. The first kappa shape index (κ1) is 21.7. The van der Waals surface area contributed by atoms with E-state index in [0.29, 0.717) is 33.2 Å². The number of nitrogens with zero attached hydrogens (tertiary/aromatic N) is 2. The standard InChI is InChI=1S/C26H21FN2O2S/c1-2-31-26(30)23-22(18-11-5-3-6-12-18)24(19-13-7-4-8-14-19)28-29-25(23)32-17-20-15-9-10-16-21(20)27/h3-16H,2,17H2,1H3. The molecule has 0 saturated heterocycles. The maximum absolute atomic E-state index is 14.2. The number of aromatic nitrogens is 2. The topological polar surface area (TPSA) is 52.1 Å². The van der Waals surface area contributed by atoms with Crippen LogP contribution in [0.25, 0.3) is 22.4 Å². The summed E-state index contributed by atoms with van der Waals surface area (Å²) in [5.41, 5.74) is 3.79. The van der Waals surface area contributed by atoms with Crippen LogP contribution in [0, 0.1) is 5.82 Å². The monoisotopic (exact) mass is 444 g/mol. The Bertz CT molecular complexity index is 1220. The van der Waals surface area contributed by atoms with Gasteiger partial charge in [0.05, 0.1) is 6.61 Å². The first-order valence-electron chi connectivity index (χ1n) is 10.2. The van der Waals surface area contributed by atoms with Crippen LogP contribution in [-0.4, -0.2) is 22.8 Å². The SMILES string of the molecule is CCOC(=O)c1c(SCc2ccccc2F)nnc(-c2ccccc2)c1-c1ccccc1. The van der Waals surface area contributed by atoms with Crippen molar-refractivity contribution in [3.63, 3.8) is 0 Å². The summed E-state index contributed by atoms with van der Waals surface area (Å²) in [5.74, 6) is -0.462. The van der Waals surface area contributed by atoms with Gasteiger partial charge in [-0.3, -0.25) is 0 Å². The molecule has 1 heterocycles. The van der Waals surface area contributed by atoms with E-state index in [1.54, 1.807) is 25.1 Å². The molecular weight excluding hydrogens is 423 g/mol. The second kappa shape index (κ2) is 10.2. The zero-order valence-electron chi connectivity index (χ0n) is 17.5. The minimum atomic E-state index is -0.477. The van der Waals surface area contributed by atoms with Crippen molar-refractivity contribution in [3.8, 4) is 22.4 Å². The van der Waals surface area contributed by atoms with E-state index >= 15 is 0 Å². The lowest BCUT2D eigenvalue weighted by atomic mass is 9.96. The number of carbonyl (C=O) groups excluding carboxylic acids is 1. The molecule has 4 rings (SSSR count). The summed E-state index contributed by atoms with van der Waals surface area (Å²) >= 11 is 1.27. The molecule has 0 radical (unpaired) electrons. The molecule has 0 amide bonds. The van der Waals surface area contributed by atoms with Gasteiger partial charge in [0.1, 0.15) is 22.1 Å². The number of benzene rings is 3. The number of ether oxygens (including phenoxy) is 1. The van der Waals surface area contributed by atoms with Crippen molar-refractivity contribution in [3.05, 3.63) is 102 Å². The molecule has 0 atom stereocenters. The normalized spacial score (nSPS) is 10.7. The van der Waals surface area contributed by atoms with Crippen molar-refractivity contribution in [1.82, 2.24) is 10.2 Å². The van der Waals surface area contributed by atoms with E-state index in [2.05, 4.69) is 10.2 Å². The largest absolute Gasteiger partial charge is 0.462 e. The Morgan fingerprint density at radius 3 is 2.16 bits per heavy atom. The highest BCUT2D eigenvalue weighted by Gasteiger charge is 2.26. The van der Waals surface area contributed by atoms with Gasteiger partial charge in [-0.2, -0.15) is 0 Å². The van der Waals surface area contributed by atoms with Crippen molar-refractivity contribution in [1.29, 1.82) is 0 Å². The zero-order chi connectivity index (χ0) is 22.3. The highest BCUT2D eigenvalue weighted by atomic mass is 32.2. The summed E-state index contributed by atoms with van der Waals surface area (Å²) in [5, 5.41) is 9.28. The molecule has 0 N–H and O–H groups in total. The van der Waals surface area contributed by atoms with Gasteiger partial charge >= 0.3 is 5.97 Å². The van der Waals surface area contributed by atoms with Crippen molar-refractivity contribution < 1.29 is 13.9 Å². The first-order valence-corrected chi connectivity index (χ1v) is 11.2. The van der Waals surface area contributed by atoms with E-state index in [4.69, 9.17) is 4.74 Å². The van der Waals surface area contributed by atoms with Gasteiger partial charge in [-0.25, -0.2) is 9.18 Å². The molecule has 0 fully saturated rings. The molecule has 0 bridgehead atoms. The Kier molecular flexibility index (Phi) is 6.92. The molecular formula is C26H21FN2O2S.